The van der Waals surface area contributed by atoms with Gasteiger partial charge in [0, 0.05) is 18.0 Å². The molecule has 0 aromatic carbocycles. The van der Waals surface area contributed by atoms with E-state index in [0.29, 0.717) is 17.7 Å². The average molecular weight is 283 g/mol. The summed E-state index contributed by atoms with van der Waals surface area (Å²) in [5, 5.41) is 14.5. The maximum atomic E-state index is 12.0. The third kappa shape index (κ3) is 4.26. The van der Waals surface area contributed by atoms with Gasteiger partial charge < -0.3 is 10.4 Å². The number of rotatable bonds is 5. The van der Waals surface area contributed by atoms with Gasteiger partial charge in [-0.3, -0.25) is 9.69 Å². The summed E-state index contributed by atoms with van der Waals surface area (Å²) < 4.78 is 0. The molecule has 1 saturated heterocycles. The van der Waals surface area contributed by atoms with Crippen molar-refractivity contribution in [1.29, 1.82) is 0 Å². The van der Waals surface area contributed by atoms with E-state index in [9.17, 15) is 4.79 Å². The van der Waals surface area contributed by atoms with Crippen molar-refractivity contribution in [2.75, 3.05) is 25.0 Å². The van der Waals surface area contributed by atoms with Crippen LogP contribution in [0.25, 0.3) is 0 Å². The lowest BCUT2D eigenvalue weighted by atomic mass is 10.00. The Morgan fingerprint density at radius 3 is 3.16 bits per heavy atom. The number of thiazole rings is 1. The lowest BCUT2D eigenvalue weighted by Gasteiger charge is -2.34. The van der Waals surface area contributed by atoms with Gasteiger partial charge in [0.1, 0.15) is 0 Å². The van der Waals surface area contributed by atoms with E-state index < -0.39 is 0 Å². The summed E-state index contributed by atoms with van der Waals surface area (Å²) in [7, 11) is 0. The number of piperidine rings is 1. The highest BCUT2D eigenvalue weighted by molar-refractivity contribution is 7.13. The molecule has 1 aromatic heterocycles. The fraction of sp³-hybridized carbons (Fsp3) is 0.692. The molecule has 0 aliphatic carbocycles. The number of hydrogen-bond acceptors (Lipinski definition) is 5. The minimum atomic E-state index is -0.0146. The molecule has 0 saturated carbocycles. The van der Waals surface area contributed by atoms with Crippen LogP contribution in [0.3, 0.4) is 0 Å². The van der Waals surface area contributed by atoms with Crippen LogP contribution in [0.1, 0.15) is 31.4 Å². The van der Waals surface area contributed by atoms with E-state index in [1.165, 1.54) is 17.8 Å². The van der Waals surface area contributed by atoms with Crippen LogP contribution in [0.5, 0.6) is 0 Å². The molecular weight excluding hydrogens is 262 g/mol. The molecule has 1 atom stereocenters. The summed E-state index contributed by atoms with van der Waals surface area (Å²) in [6.45, 7) is 3.43. The molecule has 106 valence electrons. The average Bonchev–Trinajstić information content (AvgIpc) is 2.77. The molecular formula is C13H21N3O2S. The number of likely N-dealkylation sites (tertiary alicyclic amines) is 1. The largest absolute Gasteiger partial charge is 0.396 e. The zero-order valence-electron chi connectivity index (χ0n) is 11.3. The van der Waals surface area contributed by atoms with Gasteiger partial charge in [-0.05, 0) is 32.7 Å². The number of carbonyl (C=O) groups is 1. The van der Waals surface area contributed by atoms with Crippen LogP contribution >= 0.6 is 11.3 Å². The van der Waals surface area contributed by atoms with E-state index in [0.717, 1.165) is 31.5 Å². The Morgan fingerprint density at radius 2 is 2.47 bits per heavy atom. The summed E-state index contributed by atoms with van der Waals surface area (Å²) >= 11 is 1.45. The third-order valence-electron chi connectivity index (χ3n) is 3.42. The summed E-state index contributed by atoms with van der Waals surface area (Å²) in [6, 6.07) is 0.336. The maximum absolute atomic E-state index is 12.0. The number of hydrogen-bond donors (Lipinski definition) is 2. The van der Waals surface area contributed by atoms with Crippen molar-refractivity contribution >= 4 is 22.4 Å². The van der Waals surface area contributed by atoms with Gasteiger partial charge in [0.05, 0.1) is 12.2 Å². The molecule has 1 aromatic rings. The second kappa shape index (κ2) is 6.98. The predicted molar refractivity (Wildman–Crippen MR) is 76.4 cm³/mol. The molecule has 1 aliphatic heterocycles. The second-order valence-corrected chi connectivity index (χ2v) is 5.83. The summed E-state index contributed by atoms with van der Waals surface area (Å²) in [5.41, 5.74) is 0.927. The molecule has 6 heteroatoms. The zero-order chi connectivity index (χ0) is 13.7. The number of amides is 1. The Morgan fingerprint density at radius 1 is 1.63 bits per heavy atom. The quantitative estimate of drug-likeness (QED) is 0.862. The van der Waals surface area contributed by atoms with Gasteiger partial charge in [-0.2, -0.15) is 0 Å². The third-order valence-corrected chi connectivity index (χ3v) is 4.30. The number of nitrogens with zero attached hydrogens (tertiary/aromatic N) is 2. The Balaban J connectivity index is 1.86. The van der Waals surface area contributed by atoms with Crippen LogP contribution < -0.4 is 5.32 Å². The van der Waals surface area contributed by atoms with Crippen LogP contribution in [0, 0.1) is 6.92 Å². The molecule has 2 rings (SSSR count). The molecule has 0 bridgehead atoms. The Kier molecular flexibility index (Phi) is 5.30. The van der Waals surface area contributed by atoms with Crippen LogP contribution in [0.4, 0.5) is 5.13 Å². The van der Waals surface area contributed by atoms with E-state index in [1.54, 1.807) is 0 Å². The minimum Gasteiger partial charge on any atom is -0.396 e. The van der Waals surface area contributed by atoms with Crippen molar-refractivity contribution in [3.63, 3.8) is 0 Å². The van der Waals surface area contributed by atoms with Crippen molar-refractivity contribution in [2.24, 2.45) is 0 Å². The van der Waals surface area contributed by atoms with Gasteiger partial charge in [0.25, 0.3) is 0 Å². The predicted octanol–water partition coefficient (Wildman–Crippen LogP) is 1.63. The van der Waals surface area contributed by atoms with Crippen LogP contribution in [0.15, 0.2) is 5.38 Å². The first kappa shape index (κ1) is 14.4. The normalized spacial score (nSPS) is 20.4. The van der Waals surface area contributed by atoms with Gasteiger partial charge in [-0.25, -0.2) is 4.98 Å². The van der Waals surface area contributed by atoms with Crippen molar-refractivity contribution in [2.45, 2.75) is 38.6 Å². The summed E-state index contributed by atoms with van der Waals surface area (Å²) in [4.78, 5) is 18.4. The maximum Gasteiger partial charge on any atom is 0.240 e. The van der Waals surface area contributed by atoms with E-state index >= 15 is 0 Å². The number of carbonyl (C=O) groups excluding carboxylic acids is 1. The first-order valence-electron chi connectivity index (χ1n) is 6.76. The topological polar surface area (TPSA) is 65.5 Å². The molecule has 1 unspecified atom stereocenters. The molecule has 0 radical (unpaired) electrons. The lowest BCUT2D eigenvalue weighted by Crippen LogP contribution is -2.44. The lowest BCUT2D eigenvalue weighted by molar-refractivity contribution is -0.118. The van der Waals surface area contributed by atoms with Gasteiger partial charge >= 0.3 is 0 Å². The van der Waals surface area contributed by atoms with Crippen molar-refractivity contribution in [3.8, 4) is 0 Å². The van der Waals surface area contributed by atoms with Gasteiger partial charge in [-0.1, -0.05) is 6.42 Å². The van der Waals surface area contributed by atoms with Gasteiger partial charge in [0.15, 0.2) is 5.13 Å². The molecule has 2 N–H and O–H groups in total. The Bertz CT molecular complexity index is 420. The number of nitrogens with one attached hydrogen (secondary N) is 1. The van der Waals surface area contributed by atoms with E-state index in [2.05, 4.69) is 15.2 Å². The van der Waals surface area contributed by atoms with E-state index in [4.69, 9.17) is 5.11 Å². The number of anilines is 1. The van der Waals surface area contributed by atoms with Crippen molar-refractivity contribution in [3.05, 3.63) is 11.1 Å². The summed E-state index contributed by atoms with van der Waals surface area (Å²) in [5.74, 6) is -0.0146. The molecule has 2 heterocycles. The number of aliphatic hydroxyl groups is 1. The standard InChI is InChI=1S/C13H21N3O2S/c1-10-9-19-13(14-10)15-12(18)8-16-6-3-2-4-11(16)5-7-17/h9,11,17H,2-8H2,1H3,(H,14,15,18). The monoisotopic (exact) mass is 283 g/mol. The molecule has 1 fully saturated rings. The number of aryl methyl sites for hydroxylation is 1. The number of aromatic nitrogens is 1. The highest BCUT2D eigenvalue weighted by Crippen LogP contribution is 2.20. The number of aliphatic hydroxyl groups excluding tert-OH is 1. The van der Waals surface area contributed by atoms with Crippen molar-refractivity contribution < 1.29 is 9.90 Å². The smallest absolute Gasteiger partial charge is 0.240 e. The molecule has 19 heavy (non-hydrogen) atoms. The van der Waals surface area contributed by atoms with E-state index in [1.807, 2.05) is 12.3 Å². The molecule has 1 aliphatic rings. The highest BCUT2D eigenvalue weighted by atomic mass is 32.1. The first-order valence-corrected chi connectivity index (χ1v) is 7.64. The summed E-state index contributed by atoms with van der Waals surface area (Å²) in [6.07, 6.45) is 4.15. The van der Waals surface area contributed by atoms with Crippen molar-refractivity contribution in [1.82, 2.24) is 9.88 Å². The van der Waals surface area contributed by atoms with Crippen LogP contribution in [-0.4, -0.2) is 46.6 Å². The SMILES string of the molecule is Cc1csc(NC(=O)CN2CCCCC2CCO)n1. The van der Waals surface area contributed by atoms with Crippen LogP contribution in [-0.2, 0) is 4.79 Å². The second-order valence-electron chi connectivity index (χ2n) is 4.97. The van der Waals surface area contributed by atoms with Crippen LogP contribution in [0.2, 0.25) is 0 Å². The highest BCUT2D eigenvalue weighted by Gasteiger charge is 2.23. The first-order chi connectivity index (χ1) is 9.19. The minimum absolute atomic E-state index is 0.0146. The molecule has 0 spiro atoms. The molecule has 1 amide bonds. The fourth-order valence-electron chi connectivity index (χ4n) is 2.50. The van der Waals surface area contributed by atoms with Gasteiger partial charge in [0.2, 0.25) is 5.91 Å². The fourth-order valence-corrected chi connectivity index (χ4v) is 3.20. The molecule has 5 nitrogen and oxygen atoms in total. The van der Waals surface area contributed by atoms with Gasteiger partial charge in [-0.15, -0.1) is 11.3 Å². The zero-order valence-corrected chi connectivity index (χ0v) is 12.1. The Labute approximate surface area is 117 Å². The Hall–Kier alpha value is -0.980. The van der Waals surface area contributed by atoms with E-state index in [-0.39, 0.29) is 12.5 Å².